The summed E-state index contributed by atoms with van der Waals surface area (Å²) in [6.45, 7) is 5.50. The summed E-state index contributed by atoms with van der Waals surface area (Å²) < 4.78 is 10.6. The van der Waals surface area contributed by atoms with Crippen molar-refractivity contribution in [2.45, 2.75) is 45.1 Å². The van der Waals surface area contributed by atoms with Gasteiger partial charge >= 0.3 is 0 Å². The van der Waals surface area contributed by atoms with Crippen LogP contribution in [0.5, 0.6) is 11.5 Å². The van der Waals surface area contributed by atoms with Crippen molar-refractivity contribution in [2.75, 3.05) is 33.9 Å². The van der Waals surface area contributed by atoms with Crippen molar-refractivity contribution in [1.29, 1.82) is 0 Å². The number of methoxy groups -OCH3 is 2. The molecule has 2 amide bonds. The van der Waals surface area contributed by atoms with Crippen LogP contribution in [-0.2, 0) is 16.0 Å². The zero-order chi connectivity index (χ0) is 20.7. The first kappa shape index (κ1) is 22.0. The van der Waals surface area contributed by atoms with Crippen molar-refractivity contribution >= 4 is 11.8 Å². The van der Waals surface area contributed by atoms with Crippen LogP contribution in [-0.4, -0.2) is 56.1 Å². The fraction of sp³-hybridized carbons (Fsp3) is 0.619. The second kappa shape index (κ2) is 9.78. The lowest BCUT2D eigenvalue weighted by Crippen LogP contribution is -2.50. The largest absolute Gasteiger partial charge is 0.493 e. The number of ether oxygens (including phenoxy) is 2. The normalized spacial score (nSPS) is 17.0. The Morgan fingerprint density at radius 3 is 2.54 bits per heavy atom. The van der Waals surface area contributed by atoms with Crippen molar-refractivity contribution in [2.24, 2.45) is 11.7 Å². The quantitative estimate of drug-likeness (QED) is 0.633. The molecular formula is C21H33N3O4. The average Bonchev–Trinajstić information content (AvgIpc) is 3.10. The van der Waals surface area contributed by atoms with E-state index in [-0.39, 0.29) is 29.7 Å². The van der Waals surface area contributed by atoms with Crippen LogP contribution in [0.15, 0.2) is 18.2 Å². The number of rotatable bonds is 10. The van der Waals surface area contributed by atoms with E-state index in [1.165, 1.54) is 0 Å². The maximum absolute atomic E-state index is 12.5. The summed E-state index contributed by atoms with van der Waals surface area (Å²) >= 11 is 0. The van der Waals surface area contributed by atoms with Gasteiger partial charge in [0.05, 0.1) is 20.1 Å². The van der Waals surface area contributed by atoms with Crippen molar-refractivity contribution < 1.29 is 19.1 Å². The molecule has 0 spiro atoms. The van der Waals surface area contributed by atoms with Crippen LogP contribution in [0.2, 0.25) is 0 Å². The van der Waals surface area contributed by atoms with Crippen molar-refractivity contribution in [3.05, 3.63) is 23.8 Å². The molecule has 0 saturated carbocycles. The molecule has 3 N–H and O–H groups in total. The SMILES string of the molecule is CCC(N)(CC)CNC(=O)C1CC(=O)N(CCc2ccc(OC)c(OC)c2)C1. The van der Waals surface area contributed by atoms with Crippen LogP contribution in [0.3, 0.4) is 0 Å². The zero-order valence-electron chi connectivity index (χ0n) is 17.4. The number of hydrogen-bond donors (Lipinski definition) is 2. The molecule has 1 fully saturated rings. The van der Waals surface area contributed by atoms with Gasteiger partial charge in [-0.05, 0) is 37.0 Å². The second-order valence-corrected chi connectivity index (χ2v) is 7.47. The highest BCUT2D eigenvalue weighted by Crippen LogP contribution is 2.28. The Morgan fingerprint density at radius 2 is 1.93 bits per heavy atom. The molecule has 0 bridgehead atoms. The lowest BCUT2D eigenvalue weighted by Gasteiger charge is -2.27. The Kier molecular flexibility index (Phi) is 7.69. The highest BCUT2D eigenvalue weighted by Gasteiger charge is 2.34. The second-order valence-electron chi connectivity index (χ2n) is 7.47. The monoisotopic (exact) mass is 391 g/mol. The van der Waals surface area contributed by atoms with E-state index in [1.54, 1.807) is 19.1 Å². The Labute approximate surface area is 167 Å². The predicted molar refractivity (Wildman–Crippen MR) is 108 cm³/mol. The fourth-order valence-corrected chi connectivity index (χ4v) is 3.37. The van der Waals surface area contributed by atoms with E-state index < -0.39 is 0 Å². The summed E-state index contributed by atoms with van der Waals surface area (Å²) in [5, 5.41) is 2.94. The minimum absolute atomic E-state index is 0.0191. The van der Waals surface area contributed by atoms with E-state index in [4.69, 9.17) is 15.2 Å². The highest BCUT2D eigenvalue weighted by molar-refractivity contribution is 5.89. The minimum Gasteiger partial charge on any atom is -0.493 e. The van der Waals surface area contributed by atoms with Crippen LogP contribution in [0.25, 0.3) is 0 Å². The van der Waals surface area contributed by atoms with Crippen LogP contribution < -0.4 is 20.5 Å². The lowest BCUT2D eigenvalue weighted by atomic mass is 9.94. The van der Waals surface area contributed by atoms with Gasteiger partial charge in [0.2, 0.25) is 11.8 Å². The summed E-state index contributed by atoms with van der Waals surface area (Å²) in [5.74, 6) is 0.970. The van der Waals surface area contributed by atoms with E-state index in [2.05, 4.69) is 5.32 Å². The van der Waals surface area contributed by atoms with E-state index in [9.17, 15) is 9.59 Å². The summed E-state index contributed by atoms with van der Waals surface area (Å²) in [4.78, 5) is 26.6. The first-order valence-electron chi connectivity index (χ1n) is 9.91. The molecule has 28 heavy (non-hydrogen) atoms. The molecule has 0 aromatic heterocycles. The van der Waals surface area contributed by atoms with Gasteiger partial charge < -0.3 is 25.4 Å². The summed E-state index contributed by atoms with van der Waals surface area (Å²) in [6.07, 6.45) is 2.54. The highest BCUT2D eigenvalue weighted by atomic mass is 16.5. The molecule has 1 heterocycles. The smallest absolute Gasteiger partial charge is 0.225 e. The third-order valence-electron chi connectivity index (χ3n) is 5.73. The predicted octanol–water partition coefficient (Wildman–Crippen LogP) is 1.73. The Morgan fingerprint density at radius 1 is 1.25 bits per heavy atom. The third-order valence-corrected chi connectivity index (χ3v) is 5.73. The molecule has 0 aliphatic carbocycles. The van der Waals surface area contributed by atoms with E-state index in [0.717, 1.165) is 18.4 Å². The summed E-state index contributed by atoms with van der Waals surface area (Å²) in [5.41, 5.74) is 6.91. The molecule has 1 aliphatic rings. The van der Waals surface area contributed by atoms with Gasteiger partial charge in [0.15, 0.2) is 11.5 Å². The average molecular weight is 392 g/mol. The summed E-state index contributed by atoms with van der Waals surface area (Å²) in [7, 11) is 3.20. The van der Waals surface area contributed by atoms with E-state index in [1.807, 2.05) is 32.0 Å². The molecule has 1 atom stereocenters. The number of likely N-dealkylation sites (tertiary alicyclic amines) is 1. The van der Waals surface area contributed by atoms with Crippen molar-refractivity contribution in [1.82, 2.24) is 10.2 Å². The number of nitrogens with two attached hydrogens (primary N) is 1. The molecule has 1 aromatic rings. The molecular weight excluding hydrogens is 358 g/mol. The number of benzene rings is 1. The van der Waals surface area contributed by atoms with Gasteiger partial charge in [-0.25, -0.2) is 0 Å². The Bertz CT molecular complexity index is 688. The van der Waals surface area contributed by atoms with Crippen molar-refractivity contribution in [3.8, 4) is 11.5 Å². The van der Waals surface area contributed by atoms with Gasteiger partial charge in [-0.3, -0.25) is 9.59 Å². The topological polar surface area (TPSA) is 93.9 Å². The van der Waals surface area contributed by atoms with Crippen LogP contribution in [0.1, 0.15) is 38.7 Å². The molecule has 156 valence electrons. The molecule has 1 unspecified atom stereocenters. The van der Waals surface area contributed by atoms with Gasteiger partial charge in [0, 0.05) is 31.6 Å². The molecule has 1 saturated heterocycles. The number of nitrogens with one attached hydrogen (secondary N) is 1. The maximum Gasteiger partial charge on any atom is 0.225 e. The fourth-order valence-electron chi connectivity index (χ4n) is 3.37. The van der Waals surface area contributed by atoms with Gasteiger partial charge in [-0.15, -0.1) is 0 Å². The van der Waals surface area contributed by atoms with Crippen LogP contribution in [0.4, 0.5) is 0 Å². The minimum atomic E-state index is -0.384. The Balaban J connectivity index is 1.88. The van der Waals surface area contributed by atoms with Crippen LogP contribution >= 0.6 is 0 Å². The van der Waals surface area contributed by atoms with Gasteiger partial charge in [0.25, 0.3) is 0 Å². The van der Waals surface area contributed by atoms with Gasteiger partial charge in [-0.1, -0.05) is 19.9 Å². The summed E-state index contributed by atoms with van der Waals surface area (Å²) in [6, 6.07) is 5.74. The molecule has 2 rings (SSSR count). The molecule has 7 heteroatoms. The molecule has 7 nitrogen and oxygen atoms in total. The van der Waals surface area contributed by atoms with Crippen molar-refractivity contribution in [3.63, 3.8) is 0 Å². The molecule has 1 aromatic carbocycles. The number of carbonyl (C=O) groups is 2. The number of nitrogens with zero attached hydrogens (tertiary/aromatic N) is 1. The maximum atomic E-state index is 12.5. The van der Waals surface area contributed by atoms with Crippen LogP contribution in [0, 0.1) is 5.92 Å². The zero-order valence-corrected chi connectivity index (χ0v) is 17.4. The number of hydrogen-bond acceptors (Lipinski definition) is 5. The number of carbonyl (C=O) groups excluding carboxylic acids is 2. The lowest BCUT2D eigenvalue weighted by molar-refractivity contribution is -0.129. The first-order chi connectivity index (χ1) is 13.4. The first-order valence-corrected chi connectivity index (χ1v) is 9.91. The van der Waals surface area contributed by atoms with E-state index >= 15 is 0 Å². The molecule has 0 radical (unpaired) electrons. The molecule has 1 aliphatic heterocycles. The standard InChI is InChI=1S/C21H33N3O4/c1-5-21(22,6-2)14-23-20(26)16-12-19(25)24(13-16)10-9-15-7-8-17(27-3)18(11-15)28-4/h7-8,11,16H,5-6,9-10,12-14,22H2,1-4H3,(H,23,26). The number of amides is 2. The van der Waals surface area contributed by atoms with Gasteiger partial charge in [0.1, 0.15) is 0 Å². The Hall–Kier alpha value is -2.28. The van der Waals surface area contributed by atoms with E-state index in [0.29, 0.717) is 37.6 Å². The third kappa shape index (κ3) is 5.38. The van der Waals surface area contributed by atoms with Gasteiger partial charge in [-0.2, -0.15) is 0 Å².